The Bertz CT molecular complexity index is 637. The summed E-state index contributed by atoms with van der Waals surface area (Å²) in [6.45, 7) is 5.36. The molecule has 5 nitrogen and oxygen atoms in total. The Balaban J connectivity index is 1.82. The maximum absolute atomic E-state index is 12.3. The minimum Gasteiger partial charge on any atom is -0.357 e. The predicted molar refractivity (Wildman–Crippen MR) is 117 cm³/mol. The smallest absolute Gasteiger partial charge is 0.191 e. The van der Waals surface area contributed by atoms with E-state index in [1.165, 1.54) is 0 Å². The molecule has 1 saturated carbocycles. The van der Waals surface area contributed by atoms with Gasteiger partial charge in [-0.1, -0.05) is 43.7 Å². The molecule has 2 rings (SSSR count). The zero-order valence-electron chi connectivity index (χ0n) is 16.5. The number of hydrogen-bond donors (Lipinski definition) is 2. The van der Waals surface area contributed by atoms with Gasteiger partial charge in [0.05, 0.1) is 6.54 Å². The normalized spacial score (nSPS) is 22.8. The Morgan fingerprint density at radius 3 is 2.67 bits per heavy atom. The summed E-state index contributed by atoms with van der Waals surface area (Å²) in [5, 5.41) is 7.06. The molecule has 0 bridgehead atoms. The van der Waals surface area contributed by atoms with Crippen molar-refractivity contribution in [2.45, 2.75) is 56.6 Å². The summed E-state index contributed by atoms with van der Waals surface area (Å²) in [4.78, 5) is 4.60. The molecule has 4 unspecified atom stereocenters. The zero-order valence-corrected chi connectivity index (χ0v) is 18.1. The van der Waals surface area contributed by atoms with Crippen molar-refractivity contribution in [2.75, 3.05) is 24.6 Å². The molecule has 0 radical (unpaired) electrons. The van der Waals surface area contributed by atoms with Gasteiger partial charge in [-0.05, 0) is 31.7 Å². The molecule has 1 aliphatic carbocycles. The number of nitrogens with one attached hydrogen (secondary N) is 2. The molecule has 1 aromatic carbocycles. The summed E-state index contributed by atoms with van der Waals surface area (Å²) >= 11 is 0. The number of hydrogen-bond acceptors (Lipinski definition) is 3. The van der Waals surface area contributed by atoms with E-state index in [1.807, 2.05) is 44.2 Å². The number of guanidine groups is 1. The van der Waals surface area contributed by atoms with Crippen molar-refractivity contribution in [3.8, 4) is 0 Å². The van der Waals surface area contributed by atoms with E-state index < -0.39 is 21.6 Å². The van der Waals surface area contributed by atoms with Crippen LogP contribution in [0.1, 0.15) is 45.1 Å². The van der Waals surface area contributed by atoms with E-state index in [9.17, 15) is 8.42 Å². The second-order valence-electron chi connectivity index (χ2n) is 6.83. The van der Waals surface area contributed by atoms with Crippen molar-refractivity contribution in [3.63, 3.8) is 0 Å². The van der Waals surface area contributed by atoms with Crippen LogP contribution in [0.15, 0.2) is 35.3 Å². The fourth-order valence-electron chi connectivity index (χ4n) is 3.36. The molecule has 0 heterocycles. The summed E-state index contributed by atoms with van der Waals surface area (Å²) < 4.78 is 24.4. The molecule has 0 spiro atoms. The van der Waals surface area contributed by atoms with Crippen LogP contribution in [0, 0.1) is 0 Å². The molecular weight excluding hydrogens is 378 g/mol. The molecule has 0 aliphatic heterocycles. The summed E-state index contributed by atoms with van der Waals surface area (Å²) in [5.74, 6) is 2.65. The lowest BCUT2D eigenvalue weighted by Gasteiger charge is -2.30. The molecule has 0 aromatic heterocycles. The third kappa shape index (κ3) is 8.13. The van der Waals surface area contributed by atoms with E-state index in [2.05, 4.69) is 15.6 Å². The highest BCUT2D eigenvalue weighted by molar-refractivity contribution is 7.85. The minimum atomic E-state index is -0.914. The highest BCUT2D eigenvalue weighted by Crippen LogP contribution is 2.22. The highest BCUT2D eigenvalue weighted by atomic mass is 32.2. The molecule has 7 heteroatoms. The van der Waals surface area contributed by atoms with Gasteiger partial charge in [0.25, 0.3) is 0 Å². The van der Waals surface area contributed by atoms with Gasteiger partial charge in [-0.3, -0.25) is 13.4 Å². The molecule has 1 aliphatic rings. The molecule has 1 fully saturated rings. The largest absolute Gasteiger partial charge is 0.357 e. The Morgan fingerprint density at radius 2 is 1.96 bits per heavy atom. The summed E-state index contributed by atoms with van der Waals surface area (Å²) in [5.41, 5.74) is 1.10. The lowest BCUT2D eigenvalue weighted by Crippen LogP contribution is -2.46. The van der Waals surface area contributed by atoms with Crippen LogP contribution in [-0.2, 0) is 27.4 Å². The zero-order chi connectivity index (χ0) is 19.5. The van der Waals surface area contributed by atoms with Gasteiger partial charge in [-0.15, -0.1) is 0 Å². The van der Waals surface area contributed by atoms with Gasteiger partial charge in [0, 0.05) is 56.7 Å². The quantitative estimate of drug-likeness (QED) is 0.484. The van der Waals surface area contributed by atoms with Gasteiger partial charge in [-0.25, -0.2) is 0 Å². The minimum absolute atomic E-state index is 0.294. The Kier molecular flexibility index (Phi) is 10.1. The highest BCUT2D eigenvalue weighted by Gasteiger charge is 2.26. The molecule has 2 N–H and O–H groups in total. The molecular formula is C20H33N3O2S2. The third-order valence-corrected chi connectivity index (χ3v) is 7.76. The number of benzene rings is 1. The van der Waals surface area contributed by atoms with Crippen LogP contribution < -0.4 is 10.6 Å². The summed E-state index contributed by atoms with van der Waals surface area (Å²) in [7, 11) is -1.64. The average Bonchev–Trinajstić information content (AvgIpc) is 2.68. The van der Waals surface area contributed by atoms with Crippen LogP contribution in [-0.4, -0.2) is 50.3 Å². The number of nitrogens with zero attached hydrogens (tertiary/aromatic N) is 1. The van der Waals surface area contributed by atoms with Gasteiger partial charge in [0.1, 0.15) is 0 Å². The first-order chi connectivity index (χ1) is 13.1. The predicted octanol–water partition coefficient (Wildman–Crippen LogP) is 2.57. The first kappa shape index (κ1) is 22.1. The van der Waals surface area contributed by atoms with Crippen LogP contribution in [0.4, 0.5) is 0 Å². The molecule has 4 atom stereocenters. The first-order valence-electron chi connectivity index (χ1n) is 9.93. The monoisotopic (exact) mass is 411 g/mol. The number of rotatable bonds is 9. The van der Waals surface area contributed by atoms with Crippen molar-refractivity contribution in [1.82, 2.24) is 10.6 Å². The fourth-order valence-corrected chi connectivity index (χ4v) is 5.71. The standard InChI is InChI=1S/C20H33N3O2S2/c1-3-21-20(23-18-11-8-12-19(15-18)27(25)4-2)22-13-14-26(24)16-17-9-6-5-7-10-17/h5-7,9-10,18-19H,3-4,8,11-16H2,1-2H3,(H2,21,22,23). The van der Waals surface area contributed by atoms with Gasteiger partial charge < -0.3 is 10.6 Å². The molecule has 1 aromatic rings. The van der Waals surface area contributed by atoms with Crippen molar-refractivity contribution in [3.05, 3.63) is 35.9 Å². The van der Waals surface area contributed by atoms with Crippen LogP contribution >= 0.6 is 0 Å². The van der Waals surface area contributed by atoms with E-state index in [4.69, 9.17) is 0 Å². The van der Waals surface area contributed by atoms with Crippen LogP contribution in [0.2, 0.25) is 0 Å². The maximum Gasteiger partial charge on any atom is 0.191 e. The second kappa shape index (κ2) is 12.3. The molecule has 152 valence electrons. The Hall–Kier alpha value is -1.21. The van der Waals surface area contributed by atoms with Crippen molar-refractivity contribution < 1.29 is 8.42 Å². The maximum atomic E-state index is 12.3. The van der Waals surface area contributed by atoms with E-state index in [1.54, 1.807) is 0 Å². The van der Waals surface area contributed by atoms with E-state index >= 15 is 0 Å². The number of aliphatic imine (C=N–C) groups is 1. The summed E-state index contributed by atoms with van der Waals surface area (Å²) in [6.07, 6.45) is 4.19. The Morgan fingerprint density at radius 1 is 1.19 bits per heavy atom. The van der Waals surface area contributed by atoms with Gasteiger partial charge in [0.2, 0.25) is 0 Å². The topological polar surface area (TPSA) is 70.6 Å². The lowest BCUT2D eigenvalue weighted by molar-refractivity contribution is 0.413. The second-order valence-corrected chi connectivity index (χ2v) is 10.4. The van der Waals surface area contributed by atoms with E-state index in [0.717, 1.165) is 49.5 Å². The van der Waals surface area contributed by atoms with Crippen LogP contribution in [0.3, 0.4) is 0 Å². The van der Waals surface area contributed by atoms with E-state index in [0.29, 0.717) is 29.3 Å². The van der Waals surface area contributed by atoms with Gasteiger partial charge >= 0.3 is 0 Å². The van der Waals surface area contributed by atoms with Gasteiger partial charge in [0.15, 0.2) is 5.96 Å². The SMILES string of the molecule is CCNC(=NCCS(=O)Cc1ccccc1)NC1CCCC(S(=O)CC)C1. The third-order valence-electron chi connectivity index (χ3n) is 4.73. The van der Waals surface area contributed by atoms with Crippen LogP contribution in [0.25, 0.3) is 0 Å². The van der Waals surface area contributed by atoms with E-state index in [-0.39, 0.29) is 0 Å². The fraction of sp³-hybridized carbons (Fsp3) is 0.650. The van der Waals surface area contributed by atoms with Crippen LogP contribution in [0.5, 0.6) is 0 Å². The molecule has 0 amide bonds. The van der Waals surface area contributed by atoms with Crippen molar-refractivity contribution in [1.29, 1.82) is 0 Å². The van der Waals surface area contributed by atoms with Crippen molar-refractivity contribution >= 4 is 27.6 Å². The Labute approximate surface area is 168 Å². The lowest BCUT2D eigenvalue weighted by atomic mass is 9.95. The van der Waals surface area contributed by atoms with Gasteiger partial charge in [-0.2, -0.15) is 0 Å². The molecule has 0 saturated heterocycles. The molecule has 27 heavy (non-hydrogen) atoms. The van der Waals surface area contributed by atoms with Crippen molar-refractivity contribution in [2.24, 2.45) is 4.99 Å². The summed E-state index contributed by atoms with van der Waals surface area (Å²) in [6, 6.07) is 10.2. The average molecular weight is 412 g/mol. The first-order valence-corrected chi connectivity index (χ1v) is 12.8.